The van der Waals surface area contributed by atoms with Gasteiger partial charge in [-0.15, -0.1) is 11.3 Å². The molecule has 0 aliphatic carbocycles. The molecule has 0 aliphatic heterocycles. The number of hydrogen-bond donors (Lipinski definition) is 1. The lowest BCUT2D eigenvalue weighted by atomic mass is 10.2. The van der Waals surface area contributed by atoms with Crippen LogP contribution in [0.25, 0.3) is 10.4 Å². The van der Waals surface area contributed by atoms with Crippen molar-refractivity contribution in [3.63, 3.8) is 0 Å². The van der Waals surface area contributed by atoms with Crippen LogP contribution in [0.15, 0.2) is 28.7 Å². The topological polar surface area (TPSA) is 12.0 Å². The molecular formula is C13H12BrCl2NS. The molecule has 1 nitrogen and oxygen atoms in total. The Bertz CT molecular complexity index is 568. The highest BCUT2D eigenvalue weighted by molar-refractivity contribution is 9.10. The summed E-state index contributed by atoms with van der Waals surface area (Å²) in [4.78, 5) is 2.41. The zero-order valence-corrected chi connectivity index (χ0v) is 13.8. The Morgan fingerprint density at radius 3 is 2.56 bits per heavy atom. The van der Waals surface area contributed by atoms with Gasteiger partial charge in [0.2, 0.25) is 0 Å². The molecular weight excluding hydrogens is 353 g/mol. The molecule has 0 saturated heterocycles. The lowest BCUT2D eigenvalue weighted by molar-refractivity contribution is 0.664. The highest BCUT2D eigenvalue weighted by Crippen LogP contribution is 2.41. The smallest absolute Gasteiger partial charge is 0.0740 e. The number of rotatable bonds is 3. The second-order valence-electron chi connectivity index (χ2n) is 3.94. The summed E-state index contributed by atoms with van der Waals surface area (Å²) >= 11 is 17.5. The van der Waals surface area contributed by atoms with E-state index in [0.717, 1.165) is 14.9 Å². The largest absolute Gasteiger partial charge is 0.313 e. The van der Waals surface area contributed by atoms with E-state index in [-0.39, 0.29) is 0 Å². The van der Waals surface area contributed by atoms with Crippen molar-refractivity contribution in [2.45, 2.75) is 13.0 Å². The SMILES string of the molecule is CNC(C)c1ccc(-c2ccc(Br)c(Cl)c2Cl)s1. The molecule has 1 aromatic carbocycles. The Morgan fingerprint density at radius 1 is 1.17 bits per heavy atom. The maximum absolute atomic E-state index is 6.28. The minimum Gasteiger partial charge on any atom is -0.313 e. The monoisotopic (exact) mass is 363 g/mol. The van der Waals surface area contributed by atoms with Gasteiger partial charge in [-0.2, -0.15) is 0 Å². The molecule has 5 heteroatoms. The number of nitrogens with one attached hydrogen (secondary N) is 1. The fourth-order valence-corrected chi connectivity index (χ4v) is 3.62. The second-order valence-corrected chi connectivity index (χ2v) is 6.66. The molecule has 0 radical (unpaired) electrons. The molecule has 2 aromatic rings. The van der Waals surface area contributed by atoms with Gasteiger partial charge in [0.05, 0.1) is 10.0 Å². The second kappa shape index (κ2) is 5.93. The fraction of sp³-hybridized carbons (Fsp3) is 0.231. The fourth-order valence-electron chi connectivity index (χ4n) is 1.59. The molecule has 0 spiro atoms. The molecule has 0 saturated carbocycles. The van der Waals surface area contributed by atoms with E-state index >= 15 is 0 Å². The van der Waals surface area contributed by atoms with Crippen molar-refractivity contribution in [2.24, 2.45) is 0 Å². The molecule has 0 amide bonds. The highest BCUT2D eigenvalue weighted by atomic mass is 79.9. The Labute approximate surface area is 129 Å². The highest BCUT2D eigenvalue weighted by Gasteiger charge is 2.13. The van der Waals surface area contributed by atoms with Crippen LogP contribution >= 0.6 is 50.5 Å². The van der Waals surface area contributed by atoms with Gasteiger partial charge in [-0.1, -0.05) is 29.3 Å². The summed E-state index contributed by atoms with van der Waals surface area (Å²) in [5.74, 6) is 0. The van der Waals surface area contributed by atoms with E-state index in [1.807, 2.05) is 19.2 Å². The van der Waals surface area contributed by atoms with E-state index in [2.05, 4.69) is 40.3 Å². The van der Waals surface area contributed by atoms with Gasteiger partial charge in [-0.05, 0) is 48.1 Å². The van der Waals surface area contributed by atoms with Gasteiger partial charge in [-0.25, -0.2) is 0 Å². The van der Waals surface area contributed by atoms with Crippen molar-refractivity contribution >= 4 is 50.5 Å². The molecule has 1 aromatic heterocycles. The van der Waals surface area contributed by atoms with E-state index in [1.165, 1.54) is 4.88 Å². The average Bonchev–Trinajstić information content (AvgIpc) is 2.84. The molecule has 18 heavy (non-hydrogen) atoms. The first kappa shape index (κ1) is 14.4. The molecule has 96 valence electrons. The lowest BCUT2D eigenvalue weighted by Crippen LogP contribution is -2.10. The maximum Gasteiger partial charge on any atom is 0.0740 e. The Morgan fingerprint density at radius 2 is 1.89 bits per heavy atom. The Hall–Kier alpha value is -0.0600. The van der Waals surface area contributed by atoms with Gasteiger partial charge >= 0.3 is 0 Å². The minimum atomic E-state index is 0.341. The van der Waals surface area contributed by atoms with Gasteiger partial charge in [0.25, 0.3) is 0 Å². The summed E-state index contributed by atoms with van der Waals surface area (Å²) in [6.07, 6.45) is 0. The van der Waals surface area contributed by atoms with Crippen LogP contribution in [0.5, 0.6) is 0 Å². The van der Waals surface area contributed by atoms with Gasteiger partial charge in [0.1, 0.15) is 0 Å². The number of benzene rings is 1. The number of halogens is 3. The molecule has 0 bridgehead atoms. The van der Waals surface area contributed by atoms with E-state index in [1.54, 1.807) is 11.3 Å². The summed E-state index contributed by atoms with van der Waals surface area (Å²) in [6, 6.07) is 8.45. The first-order chi connectivity index (χ1) is 8.54. The van der Waals surface area contributed by atoms with Crippen molar-refractivity contribution in [1.82, 2.24) is 5.32 Å². The van der Waals surface area contributed by atoms with Gasteiger partial charge in [0.15, 0.2) is 0 Å². The summed E-state index contributed by atoms with van der Waals surface area (Å²) in [5, 5.41) is 4.38. The molecule has 0 aliphatic rings. The predicted octanol–water partition coefficient (Wildman–Crippen LogP) is 5.76. The van der Waals surface area contributed by atoms with Crippen molar-refractivity contribution in [2.75, 3.05) is 7.05 Å². The van der Waals surface area contributed by atoms with Crippen LogP contribution in [0.4, 0.5) is 0 Å². The van der Waals surface area contributed by atoms with Crippen molar-refractivity contribution < 1.29 is 0 Å². The maximum atomic E-state index is 6.28. The molecule has 1 unspecified atom stereocenters. The molecule has 1 atom stereocenters. The first-order valence-corrected chi connectivity index (χ1v) is 7.82. The van der Waals surface area contributed by atoms with Crippen molar-refractivity contribution in [3.8, 4) is 10.4 Å². The van der Waals surface area contributed by atoms with Gasteiger partial charge in [0, 0.05) is 25.8 Å². The summed E-state index contributed by atoms with van der Waals surface area (Å²) in [6.45, 7) is 2.13. The summed E-state index contributed by atoms with van der Waals surface area (Å²) in [7, 11) is 1.95. The van der Waals surface area contributed by atoms with Crippen LogP contribution in [0, 0.1) is 0 Å². The Kier molecular flexibility index (Phi) is 4.73. The third kappa shape index (κ3) is 2.75. The minimum absolute atomic E-state index is 0.341. The predicted molar refractivity (Wildman–Crippen MR) is 84.9 cm³/mol. The van der Waals surface area contributed by atoms with Crippen LogP contribution < -0.4 is 5.32 Å². The van der Waals surface area contributed by atoms with Crippen LogP contribution in [-0.2, 0) is 0 Å². The Balaban J connectivity index is 2.43. The van der Waals surface area contributed by atoms with E-state index < -0.39 is 0 Å². The van der Waals surface area contributed by atoms with Crippen molar-refractivity contribution in [1.29, 1.82) is 0 Å². The number of hydrogen-bond acceptors (Lipinski definition) is 2. The molecule has 1 N–H and O–H groups in total. The number of thiophene rings is 1. The molecule has 2 rings (SSSR count). The third-order valence-electron chi connectivity index (χ3n) is 2.79. The van der Waals surface area contributed by atoms with E-state index in [0.29, 0.717) is 16.1 Å². The molecule has 0 fully saturated rings. The average molecular weight is 365 g/mol. The van der Waals surface area contributed by atoms with E-state index in [4.69, 9.17) is 23.2 Å². The molecule has 1 heterocycles. The van der Waals surface area contributed by atoms with Gasteiger partial charge in [-0.3, -0.25) is 0 Å². The van der Waals surface area contributed by atoms with Crippen LogP contribution in [0.3, 0.4) is 0 Å². The lowest BCUT2D eigenvalue weighted by Gasteiger charge is -2.07. The van der Waals surface area contributed by atoms with Crippen LogP contribution in [-0.4, -0.2) is 7.05 Å². The quantitative estimate of drug-likeness (QED) is 0.682. The zero-order chi connectivity index (χ0) is 13.3. The first-order valence-electron chi connectivity index (χ1n) is 5.45. The van der Waals surface area contributed by atoms with Crippen LogP contribution in [0.2, 0.25) is 10.0 Å². The summed E-state index contributed by atoms with van der Waals surface area (Å²) < 4.78 is 0.818. The zero-order valence-electron chi connectivity index (χ0n) is 9.93. The third-order valence-corrected chi connectivity index (χ3v) is 5.86. The normalized spacial score (nSPS) is 12.7. The van der Waals surface area contributed by atoms with Gasteiger partial charge < -0.3 is 5.32 Å². The standard InChI is InChI=1S/C13H12BrCl2NS/c1-7(17-2)10-5-6-11(18-10)8-3-4-9(14)13(16)12(8)15/h3-7,17H,1-2H3. The van der Waals surface area contributed by atoms with Crippen molar-refractivity contribution in [3.05, 3.63) is 43.7 Å². The summed E-state index contributed by atoms with van der Waals surface area (Å²) in [5.41, 5.74) is 0.976. The van der Waals surface area contributed by atoms with Crippen LogP contribution in [0.1, 0.15) is 17.8 Å². The van der Waals surface area contributed by atoms with E-state index in [9.17, 15) is 0 Å².